The fourth-order valence-electron chi connectivity index (χ4n) is 3.15. The maximum absolute atomic E-state index is 12.9. The van der Waals surface area contributed by atoms with E-state index in [1.54, 1.807) is 12.1 Å². The van der Waals surface area contributed by atoms with Gasteiger partial charge in [0.1, 0.15) is 10.8 Å². The molecule has 4 rings (SSSR count). The number of nitrogens with one attached hydrogen (secondary N) is 1. The molecule has 2 heterocycles. The normalized spacial score (nSPS) is 14.0. The molecule has 0 bridgehead atoms. The summed E-state index contributed by atoms with van der Waals surface area (Å²) in [6.07, 6.45) is 1.03. The molecular formula is C20H19FN4OS. The van der Waals surface area contributed by atoms with E-state index in [4.69, 9.17) is 0 Å². The van der Waals surface area contributed by atoms with Gasteiger partial charge >= 0.3 is 0 Å². The summed E-state index contributed by atoms with van der Waals surface area (Å²) in [6, 6.07) is 14.5. The van der Waals surface area contributed by atoms with Gasteiger partial charge in [0.25, 0.3) is 5.91 Å². The molecule has 1 amide bonds. The fraction of sp³-hybridized carbons (Fsp3) is 0.250. The second kappa shape index (κ2) is 7.94. The number of aromatic nitrogens is 2. The van der Waals surface area contributed by atoms with Crippen molar-refractivity contribution in [3.8, 4) is 0 Å². The van der Waals surface area contributed by atoms with Crippen molar-refractivity contribution < 1.29 is 9.18 Å². The van der Waals surface area contributed by atoms with Crippen LogP contribution in [0.15, 0.2) is 48.5 Å². The van der Waals surface area contributed by atoms with Gasteiger partial charge in [0, 0.05) is 19.6 Å². The standard InChI is InChI=1S/C20H19FN4OS/c21-17-7-5-14(6-8-17)11-22-19(26)20-24-23-18(27-20)13-25-10-9-15-3-1-2-4-16(15)12-25/h1-8H,9-13H2,(H,22,26). The zero-order valence-corrected chi connectivity index (χ0v) is 15.5. The van der Waals surface area contributed by atoms with Crippen LogP contribution in [0.4, 0.5) is 4.39 Å². The monoisotopic (exact) mass is 382 g/mol. The van der Waals surface area contributed by atoms with Crippen LogP contribution in [0.1, 0.15) is 31.5 Å². The molecule has 1 aromatic heterocycles. The minimum Gasteiger partial charge on any atom is -0.346 e. The van der Waals surface area contributed by atoms with E-state index in [-0.39, 0.29) is 11.7 Å². The third kappa shape index (κ3) is 4.37. The van der Waals surface area contributed by atoms with Gasteiger partial charge in [0.2, 0.25) is 5.01 Å². The zero-order chi connectivity index (χ0) is 18.6. The first-order valence-corrected chi connectivity index (χ1v) is 9.63. The predicted octanol–water partition coefficient (Wildman–Crippen LogP) is 3.17. The van der Waals surface area contributed by atoms with Gasteiger partial charge in [-0.2, -0.15) is 0 Å². The Labute approximate surface area is 160 Å². The Morgan fingerprint density at radius 3 is 2.70 bits per heavy atom. The summed E-state index contributed by atoms with van der Waals surface area (Å²) < 4.78 is 12.9. The van der Waals surface area contributed by atoms with E-state index < -0.39 is 0 Å². The maximum Gasteiger partial charge on any atom is 0.282 e. The van der Waals surface area contributed by atoms with Gasteiger partial charge in [0.15, 0.2) is 0 Å². The second-order valence-corrected chi connectivity index (χ2v) is 7.60. The molecule has 138 valence electrons. The molecule has 3 aromatic rings. The summed E-state index contributed by atoms with van der Waals surface area (Å²) in [6.45, 7) is 2.89. The molecule has 2 aromatic carbocycles. The Balaban J connectivity index is 1.33. The van der Waals surface area contributed by atoms with E-state index in [1.807, 2.05) is 0 Å². The molecule has 5 nitrogen and oxygen atoms in total. The second-order valence-electron chi connectivity index (χ2n) is 6.54. The maximum atomic E-state index is 12.9. The summed E-state index contributed by atoms with van der Waals surface area (Å²) in [5, 5.41) is 12.2. The van der Waals surface area contributed by atoms with Gasteiger partial charge in [-0.05, 0) is 35.2 Å². The van der Waals surface area contributed by atoms with Crippen LogP contribution in [0.3, 0.4) is 0 Å². The first kappa shape index (κ1) is 17.8. The number of fused-ring (bicyclic) bond motifs is 1. The molecule has 0 aliphatic carbocycles. The van der Waals surface area contributed by atoms with Crippen molar-refractivity contribution in [3.05, 3.63) is 81.1 Å². The molecule has 1 N–H and O–H groups in total. The highest BCUT2D eigenvalue weighted by Crippen LogP contribution is 2.21. The first-order valence-electron chi connectivity index (χ1n) is 8.81. The molecule has 0 atom stereocenters. The number of carbonyl (C=O) groups excluding carboxylic acids is 1. The molecule has 7 heteroatoms. The topological polar surface area (TPSA) is 58.1 Å². The number of halogens is 1. The molecule has 0 saturated heterocycles. The molecule has 0 saturated carbocycles. The number of hydrogen-bond acceptors (Lipinski definition) is 5. The van der Waals surface area contributed by atoms with E-state index in [1.165, 1.54) is 34.6 Å². The van der Waals surface area contributed by atoms with Crippen LogP contribution in [-0.4, -0.2) is 27.5 Å². The number of rotatable bonds is 5. The largest absolute Gasteiger partial charge is 0.346 e. The first-order chi connectivity index (χ1) is 13.2. The molecule has 0 spiro atoms. The van der Waals surface area contributed by atoms with E-state index in [2.05, 4.69) is 44.7 Å². The Hall–Kier alpha value is -2.64. The highest BCUT2D eigenvalue weighted by Gasteiger charge is 2.19. The SMILES string of the molecule is O=C(NCc1ccc(F)cc1)c1nnc(CN2CCc3ccccc3C2)s1. The minimum absolute atomic E-state index is 0.257. The van der Waals surface area contributed by atoms with Gasteiger partial charge in [-0.15, -0.1) is 10.2 Å². The quantitative estimate of drug-likeness (QED) is 0.736. The van der Waals surface area contributed by atoms with Crippen LogP contribution >= 0.6 is 11.3 Å². The summed E-state index contributed by atoms with van der Waals surface area (Å²) in [7, 11) is 0. The van der Waals surface area contributed by atoms with Gasteiger partial charge in [-0.25, -0.2) is 4.39 Å². The molecule has 0 fully saturated rings. The molecule has 27 heavy (non-hydrogen) atoms. The molecule has 1 aliphatic rings. The fourth-order valence-corrected chi connectivity index (χ4v) is 3.95. The van der Waals surface area contributed by atoms with Crippen LogP contribution in [0.5, 0.6) is 0 Å². The summed E-state index contributed by atoms with van der Waals surface area (Å²) >= 11 is 1.32. The van der Waals surface area contributed by atoms with Gasteiger partial charge in [-0.3, -0.25) is 9.69 Å². The van der Waals surface area contributed by atoms with Crippen LogP contribution in [-0.2, 0) is 26.1 Å². The van der Waals surface area contributed by atoms with Crippen LogP contribution < -0.4 is 5.32 Å². The highest BCUT2D eigenvalue weighted by molar-refractivity contribution is 7.13. The highest BCUT2D eigenvalue weighted by atomic mass is 32.1. The van der Waals surface area contributed by atoms with Crippen molar-refractivity contribution in [2.45, 2.75) is 26.1 Å². The number of hydrogen-bond donors (Lipinski definition) is 1. The van der Waals surface area contributed by atoms with Crippen molar-refractivity contribution >= 4 is 17.2 Å². The Bertz CT molecular complexity index is 941. The van der Waals surface area contributed by atoms with Crippen LogP contribution in [0.25, 0.3) is 0 Å². The van der Waals surface area contributed by atoms with E-state index in [0.717, 1.165) is 30.1 Å². The minimum atomic E-state index is -0.292. The Morgan fingerprint density at radius 1 is 1.11 bits per heavy atom. The number of nitrogens with zero attached hydrogens (tertiary/aromatic N) is 3. The molecule has 1 aliphatic heterocycles. The van der Waals surface area contributed by atoms with Crippen molar-refractivity contribution in [2.24, 2.45) is 0 Å². The average Bonchev–Trinajstić information content (AvgIpc) is 3.16. The van der Waals surface area contributed by atoms with E-state index >= 15 is 0 Å². The Morgan fingerprint density at radius 2 is 1.89 bits per heavy atom. The lowest BCUT2D eigenvalue weighted by Gasteiger charge is -2.27. The number of benzene rings is 2. The third-order valence-electron chi connectivity index (χ3n) is 4.60. The summed E-state index contributed by atoms with van der Waals surface area (Å²) in [5.74, 6) is -0.550. The lowest BCUT2D eigenvalue weighted by molar-refractivity contribution is 0.0950. The Kier molecular flexibility index (Phi) is 5.22. The van der Waals surface area contributed by atoms with E-state index in [0.29, 0.717) is 18.1 Å². The van der Waals surface area contributed by atoms with Gasteiger partial charge < -0.3 is 5.32 Å². The smallest absolute Gasteiger partial charge is 0.282 e. The van der Waals surface area contributed by atoms with Crippen molar-refractivity contribution in [1.82, 2.24) is 20.4 Å². The van der Waals surface area contributed by atoms with Gasteiger partial charge in [-0.1, -0.05) is 47.7 Å². The number of carbonyl (C=O) groups is 1. The molecule has 0 unspecified atom stereocenters. The van der Waals surface area contributed by atoms with Crippen LogP contribution in [0.2, 0.25) is 0 Å². The molecular weight excluding hydrogens is 363 g/mol. The third-order valence-corrected chi connectivity index (χ3v) is 5.50. The summed E-state index contributed by atoms with van der Waals surface area (Å²) in [4.78, 5) is 14.6. The van der Waals surface area contributed by atoms with Crippen molar-refractivity contribution in [1.29, 1.82) is 0 Å². The van der Waals surface area contributed by atoms with Crippen molar-refractivity contribution in [2.75, 3.05) is 6.54 Å². The number of amides is 1. The van der Waals surface area contributed by atoms with Crippen LogP contribution in [0, 0.1) is 5.82 Å². The molecule has 0 radical (unpaired) electrons. The van der Waals surface area contributed by atoms with E-state index in [9.17, 15) is 9.18 Å². The van der Waals surface area contributed by atoms with Crippen molar-refractivity contribution in [3.63, 3.8) is 0 Å². The lowest BCUT2D eigenvalue weighted by atomic mass is 10.0. The average molecular weight is 382 g/mol. The predicted molar refractivity (Wildman–Crippen MR) is 102 cm³/mol. The lowest BCUT2D eigenvalue weighted by Crippen LogP contribution is -2.29. The zero-order valence-electron chi connectivity index (χ0n) is 14.7. The summed E-state index contributed by atoms with van der Waals surface area (Å²) in [5.41, 5.74) is 3.60. The van der Waals surface area contributed by atoms with Gasteiger partial charge in [0.05, 0.1) is 6.54 Å².